The summed E-state index contributed by atoms with van der Waals surface area (Å²) in [6, 6.07) is 8.49. The second kappa shape index (κ2) is 9.86. The number of benzene rings is 2. The number of ether oxygens (including phenoxy) is 2. The van der Waals surface area contributed by atoms with E-state index in [4.69, 9.17) is 32.7 Å². The van der Waals surface area contributed by atoms with Gasteiger partial charge in [0.15, 0.2) is 6.61 Å². The first kappa shape index (κ1) is 23.3. The molecular formula is C20H20Cl2N2O6S. The molecule has 0 saturated carbocycles. The number of carbonyl (C=O) groups excluding carboxylic acids is 2. The molecule has 1 heterocycles. The maximum absolute atomic E-state index is 12.7. The van der Waals surface area contributed by atoms with Gasteiger partial charge in [0, 0.05) is 18.1 Å². The van der Waals surface area contributed by atoms with Crippen LogP contribution in [0.2, 0.25) is 10.0 Å². The normalized spacial score (nSPS) is 14.3. The minimum atomic E-state index is -3.73. The summed E-state index contributed by atoms with van der Waals surface area (Å²) in [5, 5.41) is 2.94. The summed E-state index contributed by atoms with van der Waals surface area (Å²) < 4.78 is 37.0. The van der Waals surface area contributed by atoms with Gasteiger partial charge in [0.1, 0.15) is 5.75 Å². The molecule has 0 aliphatic carbocycles. The van der Waals surface area contributed by atoms with E-state index in [1.807, 2.05) is 0 Å². The summed E-state index contributed by atoms with van der Waals surface area (Å²) in [6.07, 6.45) is 1.57. The number of hydrogen-bond acceptors (Lipinski definition) is 6. The van der Waals surface area contributed by atoms with E-state index >= 15 is 0 Å². The predicted molar refractivity (Wildman–Crippen MR) is 116 cm³/mol. The van der Waals surface area contributed by atoms with Crippen molar-refractivity contribution in [1.82, 2.24) is 4.31 Å². The molecule has 0 bridgehead atoms. The first-order chi connectivity index (χ1) is 14.7. The highest BCUT2D eigenvalue weighted by Gasteiger charge is 2.28. The van der Waals surface area contributed by atoms with Crippen LogP contribution in [0.3, 0.4) is 0 Å². The first-order valence-corrected chi connectivity index (χ1v) is 11.5. The molecule has 3 rings (SSSR count). The lowest BCUT2D eigenvalue weighted by molar-refractivity contribution is -0.119. The zero-order valence-corrected chi connectivity index (χ0v) is 18.9. The second-order valence-corrected chi connectivity index (χ2v) is 9.50. The molecule has 1 amide bonds. The van der Waals surface area contributed by atoms with Crippen LogP contribution < -0.4 is 10.1 Å². The van der Waals surface area contributed by atoms with Crippen LogP contribution in [0.1, 0.15) is 23.2 Å². The van der Waals surface area contributed by atoms with Gasteiger partial charge in [-0.15, -0.1) is 0 Å². The van der Waals surface area contributed by atoms with Crippen LogP contribution in [0.15, 0.2) is 41.3 Å². The highest BCUT2D eigenvalue weighted by atomic mass is 35.5. The van der Waals surface area contributed by atoms with Crippen LogP contribution in [0.5, 0.6) is 5.75 Å². The van der Waals surface area contributed by atoms with E-state index in [0.717, 1.165) is 18.9 Å². The fourth-order valence-electron chi connectivity index (χ4n) is 3.07. The highest BCUT2D eigenvalue weighted by Crippen LogP contribution is 2.28. The Morgan fingerprint density at radius 1 is 1.10 bits per heavy atom. The van der Waals surface area contributed by atoms with E-state index in [0.29, 0.717) is 29.5 Å². The Labute approximate surface area is 190 Å². The predicted octanol–water partition coefficient (Wildman–Crippen LogP) is 3.58. The smallest absolute Gasteiger partial charge is 0.340 e. The van der Waals surface area contributed by atoms with Gasteiger partial charge in [-0.25, -0.2) is 13.2 Å². The van der Waals surface area contributed by atoms with Gasteiger partial charge < -0.3 is 14.8 Å². The average Bonchev–Trinajstić information content (AvgIpc) is 3.28. The van der Waals surface area contributed by atoms with E-state index in [1.165, 1.54) is 29.6 Å². The maximum atomic E-state index is 12.7. The van der Waals surface area contributed by atoms with Crippen LogP contribution >= 0.6 is 23.2 Å². The van der Waals surface area contributed by atoms with Gasteiger partial charge in [0.05, 0.1) is 28.3 Å². The lowest BCUT2D eigenvalue weighted by atomic mass is 10.2. The molecule has 0 unspecified atom stereocenters. The van der Waals surface area contributed by atoms with Crippen molar-refractivity contribution in [3.8, 4) is 5.75 Å². The molecule has 11 heteroatoms. The molecule has 1 saturated heterocycles. The Bertz CT molecular complexity index is 1100. The minimum absolute atomic E-state index is 0.0160. The van der Waals surface area contributed by atoms with Crippen molar-refractivity contribution < 1.29 is 27.5 Å². The summed E-state index contributed by atoms with van der Waals surface area (Å²) >= 11 is 12.0. The number of methoxy groups -OCH3 is 1. The minimum Gasteiger partial charge on any atom is -0.495 e. The molecule has 0 spiro atoms. The number of halogens is 2. The summed E-state index contributed by atoms with van der Waals surface area (Å²) in [4.78, 5) is 24.6. The average molecular weight is 487 g/mol. The number of carbonyl (C=O) groups is 2. The third-order valence-electron chi connectivity index (χ3n) is 4.63. The lowest BCUT2D eigenvalue weighted by Gasteiger charge is -2.16. The van der Waals surface area contributed by atoms with Gasteiger partial charge in [-0.3, -0.25) is 4.79 Å². The van der Waals surface area contributed by atoms with Crippen molar-refractivity contribution in [2.45, 2.75) is 17.7 Å². The zero-order chi connectivity index (χ0) is 22.6. The number of rotatable bonds is 7. The van der Waals surface area contributed by atoms with E-state index in [9.17, 15) is 18.0 Å². The Morgan fingerprint density at radius 2 is 1.81 bits per heavy atom. The molecule has 1 aliphatic rings. The van der Waals surface area contributed by atoms with Crippen molar-refractivity contribution in [2.24, 2.45) is 0 Å². The van der Waals surface area contributed by atoms with Crippen LogP contribution in [0.25, 0.3) is 0 Å². The standard InChI is InChI=1S/C20H20Cl2N2O6S/c1-29-18-7-4-13(21)10-17(18)23-19(25)12-30-20(26)15-11-14(5-6-16(15)22)31(27,28)24-8-2-3-9-24/h4-7,10-11H,2-3,8-9,12H2,1H3,(H,23,25). The molecule has 31 heavy (non-hydrogen) atoms. The lowest BCUT2D eigenvalue weighted by Crippen LogP contribution is -2.28. The Morgan fingerprint density at radius 3 is 2.48 bits per heavy atom. The molecule has 0 radical (unpaired) electrons. The molecule has 8 nitrogen and oxygen atoms in total. The molecule has 2 aromatic carbocycles. The third-order valence-corrected chi connectivity index (χ3v) is 7.09. The molecule has 1 aliphatic heterocycles. The number of sulfonamides is 1. The maximum Gasteiger partial charge on any atom is 0.340 e. The van der Waals surface area contributed by atoms with Crippen molar-refractivity contribution in [1.29, 1.82) is 0 Å². The summed E-state index contributed by atoms with van der Waals surface area (Å²) in [6.45, 7) is 0.240. The molecule has 166 valence electrons. The van der Waals surface area contributed by atoms with Gasteiger partial charge in [-0.05, 0) is 49.2 Å². The van der Waals surface area contributed by atoms with Crippen LogP contribution in [-0.4, -0.2) is 51.4 Å². The Kier molecular flexibility index (Phi) is 7.42. The fraction of sp³-hybridized carbons (Fsp3) is 0.300. The number of hydrogen-bond donors (Lipinski definition) is 1. The van der Waals surface area contributed by atoms with E-state index in [1.54, 1.807) is 12.1 Å². The van der Waals surface area contributed by atoms with Gasteiger partial charge >= 0.3 is 5.97 Å². The summed E-state index contributed by atoms with van der Waals surface area (Å²) in [5.74, 6) is -1.17. The number of esters is 1. The van der Waals surface area contributed by atoms with Crippen molar-refractivity contribution in [2.75, 3.05) is 32.1 Å². The van der Waals surface area contributed by atoms with E-state index < -0.39 is 28.5 Å². The van der Waals surface area contributed by atoms with Gasteiger partial charge in [-0.2, -0.15) is 4.31 Å². The van der Waals surface area contributed by atoms with E-state index in [2.05, 4.69) is 5.32 Å². The monoisotopic (exact) mass is 486 g/mol. The topological polar surface area (TPSA) is 102 Å². The molecule has 1 N–H and O–H groups in total. The Hall–Kier alpha value is -2.33. The van der Waals surface area contributed by atoms with Crippen LogP contribution in [0, 0.1) is 0 Å². The number of amides is 1. The second-order valence-electron chi connectivity index (χ2n) is 6.72. The number of anilines is 1. The van der Waals surface area contributed by atoms with Crippen LogP contribution in [-0.2, 0) is 19.6 Å². The van der Waals surface area contributed by atoms with Crippen molar-refractivity contribution >= 4 is 50.8 Å². The van der Waals surface area contributed by atoms with E-state index in [-0.39, 0.29) is 15.5 Å². The first-order valence-electron chi connectivity index (χ1n) is 9.32. The molecular weight excluding hydrogens is 467 g/mol. The number of nitrogens with zero attached hydrogens (tertiary/aromatic N) is 1. The van der Waals surface area contributed by atoms with Crippen molar-refractivity contribution in [3.63, 3.8) is 0 Å². The molecule has 2 aromatic rings. The SMILES string of the molecule is COc1ccc(Cl)cc1NC(=O)COC(=O)c1cc(S(=O)(=O)N2CCCC2)ccc1Cl. The Balaban J connectivity index is 1.69. The molecule has 1 fully saturated rings. The van der Waals surface area contributed by atoms with Gasteiger partial charge in [0.25, 0.3) is 5.91 Å². The number of nitrogens with one attached hydrogen (secondary N) is 1. The van der Waals surface area contributed by atoms with Gasteiger partial charge in [0.2, 0.25) is 10.0 Å². The quantitative estimate of drug-likeness (QED) is 0.600. The molecule has 0 aromatic heterocycles. The fourth-order valence-corrected chi connectivity index (χ4v) is 4.98. The highest BCUT2D eigenvalue weighted by molar-refractivity contribution is 7.89. The largest absolute Gasteiger partial charge is 0.495 e. The molecule has 0 atom stereocenters. The zero-order valence-electron chi connectivity index (χ0n) is 16.6. The van der Waals surface area contributed by atoms with Gasteiger partial charge in [-0.1, -0.05) is 23.2 Å². The summed E-state index contributed by atoms with van der Waals surface area (Å²) in [5.41, 5.74) is 0.169. The van der Waals surface area contributed by atoms with Crippen molar-refractivity contribution in [3.05, 3.63) is 52.0 Å². The third kappa shape index (κ3) is 5.48. The van der Waals surface area contributed by atoms with Crippen LogP contribution in [0.4, 0.5) is 5.69 Å². The summed E-state index contributed by atoms with van der Waals surface area (Å²) in [7, 11) is -2.30.